The maximum absolute atomic E-state index is 12.7. The average Bonchev–Trinajstić information content (AvgIpc) is 3.28. The van der Waals surface area contributed by atoms with E-state index in [1.807, 2.05) is 78.6 Å². The van der Waals surface area contributed by atoms with Crippen LogP contribution in [0.1, 0.15) is 23.2 Å². The molecule has 0 bridgehead atoms. The fourth-order valence-corrected chi connectivity index (χ4v) is 4.23. The van der Waals surface area contributed by atoms with Gasteiger partial charge in [0.05, 0.1) is 23.5 Å². The molecule has 7 heteroatoms. The van der Waals surface area contributed by atoms with Gasteiger partial charge in [0, 0.05) is 48.1 Å². The molecule has 168 valence electrons. The van der Waals surface area contributed by atoms with Crippen LogP contribution in [0.4, 0.5) is 17.1 Å². The third kappa shape index (κ3) is 4.40. The molecule has 1 aromatic heterocycles. The summed E-state index contributed by atoms with van der Waals surface area (Å²) in [6.45, 7) is 1.67. The summed E-state index contributed by atoms with van der Waals surface area (Å²) >= 11 is 0. The summed E-state index contributed by atoms with van der Waals surface area (Å²) in [7, 11) is 1.90. The van der Waals surface area contributed by atoms with Crippen molar-refractivity contribution in [3.8, 4) is 5.69 Å². The minimum atomic E-state index is -0.198. The van der Waals surface area contributed by atoms with E-state index in [-0.39, 0.29) is 12.0 Å². The fourth-order valence-electron chi connectivity index (χ4n) is 4.23. The molecule has 1 fully saturated rings. The number of aromatic nitrogens is 2. The predicted octanol–water partition coefficient (Wildman–Crippen LogP) is 4.28. The molecule has 0 radical (unpaired) electrons. The van der Waals surface area contributed by atoms with Crippen molar-refractivity contribution in [1.29, 1.82) is 0 Å². The van der Waals surface area contributed by atoms with Crippen molar-refractivity contribution < 1.29 is 9.90 Å². The highest BCUT2D eigenvalue weighted by molar-refractivity contribution is 6.04. The molecule has 0 atom stereocenters. The lowest BCUT2D eigenvalue weighted by Gasteiger charge is -2.31. The van der Waals surface area contributed by atoms with E-state index in [1.54, 1.807) is 0 Å². The Labute approximate surface area is 192 Å². The second-order valence-corrected chi connectivity index (χ2v) is 8.35. The largest absolute Gasteiger partial charge is 0.393 e. The molecule has 0 unspecified atom stereocenters. The van der Waals surface area contributed by atoms with Gasteiger partial charge in [-0.3, -0.25) is 4.79 Å². The number of hydrogen-bond donors (Lipinski definition) is 3. The summed E-state index contributed by atoms with van der Waals surface area (Å²) in [5.74, 6) is -0.146. The number of carbonyl (C=O) groups is 1. The number of benzene rings is 3. The van der Waals surface area contributed by atoms with Gasteiger partial charge in [-0.15, -0.1) is 0 Å². The molecule has 1 saturated heterocycles. The highest BCUT2D eigenvalue weighted by Crippen LogP contribution is 2.24. The van der Waals surface area contributed by atoms with Crippen molar-refractivity contribution in [2.75, 3.05) is 35.7 Å². The number of hydrogen-bond acceptors (Lipinski definition) is 5. The molecule has 7 nitrogen and oxygen atoms in total. The number of piperidine rings is 1. The maximum atomic E-state index is 12.7. The van der Waals surface area contributed by atoms with Gasteiger partial charge in [-0.05, 0) is 79.6 Å². The molecule has 0 aliphatic carbocycles. The van der Waals surface area contributed by atoms with Crippen LogP contribution in [0.2, 0.25) is 0 Å². The topological polar surface area (TPSA) is 82.4 Å². The van der Waals surface area contributed by atoms with Crippen LogP contribution in [0.3, 0.4) is 0 Å². The molecule has 1 aliphatic heterocycles. The van der Waals surface area contributed by atoms with Crippen molar-refractivity contribution in [3.63, 3.8) is 0 Å². The van der Waals surface area contributed by atoms with Gasteiger partial charge in [0.1, 0.15) is 0 Å². The smallest absolute Gasteiger partial charge is 0.255 e. The molecule has 2 heterocycles. The summed E-state index contributed by atoms with van der Waals surface area (Å²) in [5, 5.41) is 21.4. The van der Waals surface area contributed by atoms with E-state index >= 15 is 0 Å². The van der Waals surface area contributed by atoms with Crippen LogP contribution in [0.15, 0.2) is 72.9 Å². The van der Waals surface area contributed by atoms with Gasteiger partial charge >= 0.3 is 0 Å². The number of amides is 1. The minimum absolute atomic E-state index is 0.146. The van der Waals surface area contributed by atoms with Crippen LogP contribution in [0.5, 0.6) is 0 Å². The normalized spacial score (nSPS) is 14.4. The Hall–Kier alpha value is -3.84. The number of carbonyl (C=O) groups excluding carboxylic acids is 1. The van der Waals surface area contributed by atoms with Crippen molar-refractivity contribution in [3.05, 3.63) is 78.5 Å². The lowest BCUT2D eigenvalue weighted by Crippen LogP contribution is -2.35. The summed E-state index contributed by atoms with van der Waals surface area (Å²) < 4.78 is 1.89. The van der Waals surface area contributed by atoms with Crippen molar-refractivity contribution >= 4 is 33.9 Å². The molecule has 1 aliphatic rings. The van der Waals surface area contributed by atoms with Crippen LogP contribution in [-0.2, 0) is 0 Å². The third-order valence-electron chi connectivity index (χ3n) is 6.19. The summed E-state index contributed by atoms with van der Waals surface area (Å²) in [4.78, 5) is 15.0. The Morgan fingerprint density at radius 1 is 0.939 bits per heavy atom. The first kappa shape index (κ1) is 21.0. The number of rotatable bonds is 5. The first-order valence-corrected chi connectivity index (χ1v) is 11.2. The maximum Gasteiger partial charge on any atom is 0.255 e. The second kappa shape index (κ2) is 8.96. The molecular formula is C26H27N5O2. The Morgan fingerprint density at radius 2 is 1.61 bits per heavy atom. The molecule has 33 heavy (non-hydrogen) atoms. The first-order valence-electron chi connectivity index (χ1n) is 11.2. The average molecular weight is 442 g/mol. The predicted molar refractivity (Wildman–Crippen MR) is 132 cm³/mol. The van der Waals surface area contributed by atoms with Gasteiger partial charge in [0.2, 0.25) is 0 Å². The number of aliphatic hydroxyl groups is 1. The van der Waals surface area contributed by atoms with Crippen LogP contribution in [0.25, 0.3) is 16.6 Å². The summed E-state index contributed by atoms with van der Waals surface area (Å²) in [6.07, 6.45) is 3.21. The number of aliphatic hydroxyl groups excluding tert-OH is 1. The number of nitrogens with one attached hydrogen (secondary N) is 2. The molecule has 0 spiro atoms. The molecule has 5 rings (SSSR count). The number of fused-ring (bicyclic) bond motifs is 1. The first-order chi connectivity index (χ1) is 16.1. The Morgan fingerprint density at radius 3 is 2.30 bits per heavy atom. The van der Waals surface area contributed by atoms with Gasteiger partial charge in [0.25, 0.3) is 5.91 Å². The van der Waals surface area contributed by atoms with E-state index in [9.17, 15) is 9.90 Å². The zero-order valence-electron chi connectivity index (χ0n) is 18.5. The zero-order valence-corrected chi connectivity index (χ0v) is 18.5. The quantitative estimate of drug-likeness (QED) is 0.431. The molecule has 1 amide bonds. The van der Waals surface area contributed by atoms with E-state index in [0.717, 1.165) is 59.6 Å². The molecular weight excluding hydrogens is 414 g/mol. The van der Waals surface area contributed by atoms with Crippen molar-refractivity contribution in [2.45, 2.75) is 18.9 Å². The Kier molecular flexibility index (Phi) is 5.71. The Bertz CT molecular complexity index is 1260. The minimum Gasteiger partial charge on any atom is -0.393 e. The standard InChI is InChI=1S/C26H27N5O2/c1-27-21-6-11-25-19(16-21)17-28-31(25)23-9-4-20(5-10-23)29-26(33)18-2-7-22(8-3-18)30-14-12-24(32)13-15-30/h2-11,16-17,24,27,32H,12-15H2,1H3,(H,29,33). The van der Waals surface area contributed by atoms with E-state index in [2.05, 4.69) is 26.7 Å². The molecule has 4 aromatic rings. The van der Waals surface area contributed by atoms with Gasteiger partial charge < -0.3 is 20.6 Å². The van der Waals surface area contributed by atoms with E-state index in [1.165, 1.54) is 0 Å². The van der Waals surface area contributed by atoms with Crippen LogP contribution in [-0.4, -0.2) is 47.0 Å². The molecule has 3 N–H and O–H groups in total. The van der Waals surface area contributed by atoms with E-state index in [4.69, 9.17) is 0 Å². The fraction of sp³-hybridized carbons (Fsp3) is 0.231. The monoisotopic (exact) mass is 441 g/mol. The van der Waals surface area contributed by atoms with Gasteiger partial charge in [0.15, 0.2) is 0 Å². The summed E-state index contributed by atoms with van der Waals surface area (Å²) in [5.41, 5.74) is 5.41. The van der Waals surface area contributed by atoms with Crippen LogP contribution in [0, 0.1) is 0 Å². The van der Waals surface area contributed by atoms with Gasteiger partial charge in [-0.1, -0.05) is 0 Å². The third-order valence-corrected chi connectivity index (χ3v) is 6.19. The Balaban J connectivity index is 1.26. The lowest BCUT2D eigenvalue weighted by molar-refractivity contribution is 0.102. The van der Waals surface area contributed by atoms with E-state index in [0.29, 0.717) is 5.56 Å². The van der Waals surface area contributed by atoms with Gasteiger partial charge in [-0.2, -0.15) is 5.10 Å². The van der Waals surface area contributed by atoms with Crippen molar-refractivity contribution in [1.82, 2.24) is 9.78 Å². The SMILES string of the molecule is CNc1ccc2c(cnn2-c2ccc(NC(=O)c3ccc(N4CCC(O)CC4)cc3)cc2)c1. The highest BCUT2D eigenvalue weighted by Gasteiger charge is 2.17. The zero-order chi connectivity index (χ0) is 22.8. The highest BCUT2D eigenvalue weighted by atomic mass is 16.3. The molecule has 0 saturated carbocycles. The van der Waals surface area contributed by atoms with Gasteiger partial charge in [-0.25, -0.2) is 4.68 Å². The number of nitrogens with zero attached hydrogens (tertiary/aromatic N) is 3. The number of anilines is 3. The lowest BCUT2D eigenvalue weighted by atomic mass is 10.1. The van der Waals surface area contributed by atoms with Crippen molar-refractivity contribution in [2.24, 2.45) is 0 Å². The second-order valence-electron chi connectivity index (χ2n) is 8.35. The summed E-state index contributed by atoms with van der Waals surface area (Å²) in [6, 6.07) is 21.4. The molecule has 3 aromatic carbocycles. The van der Waals surface area contributed by atoms with Crippen LogP contribution < -0.4 is 15.5 Å². The van der Waals surface area contributed by atoms with E-state index < -0.39 is 0 Å². The van der Waals surface area contributed by atoms with Crippen LogP contribution >= 0.6 is 0 Å².